The second kappa shape index (κ2) is 6.87. The molecule has 1 aliphatic rings. The molecule has 1 atom stereocenters. The van der Waals surface area contributed by atoms with Crippen LogP contribution in [-0.4, -0.2) is 40.9 Å². The molecule has 5 heteroatoms. The zero-order chi connectivity index (χ0) is 13.1. The van der Waals surface area contributed by atoms with E-state index in [1.54, 1.807) is 18.7 Å². The van der Waals surface area contributed by atoms with E-state index in [2.05, 4.69) is 35.2 Å². The minimum absolute atomic E-state index is 0. The fourth-order valence-electron chi connectivity index (χ4n) is 2.05. The predicted octanol–water partition coefficient (Wildman–Crippen LogP) is 2.89. The van der Waals surface area contributed by atoms with Crippen LogP contribution in [0.15, 0.2) is 36.5 Å². The van der Waals surface area contributed by atoms with Crippen molar-refractivity contribution in [3.63, 3.8) is 0 Å². The van der Waals surface area contributed by atoms with Crippen molar-refractivity contribution in [2.75, 3.05) is 19.8 Å². The first kappa shape index (κ1) is 15.9. The van der Waals surface area contributed by atoms with Crippen LogP contribution in [0.3, 0.4) is 0 Å². The van der Waals surface area contributed by atoms with E-state index in [0.29, 0.717) is 5.75 Å². The van der Waals surface area contributed by atoms with Crippen LogP contribution in [0.25, 0.3) is 5.70 Å². The van der Waals surface area contributed by atoms with Gasteiger partial charge in [-0.15, -0.1) is 24.2 Å². The molecule has 104 valence electrons. The Morgan fingerprint density at radius 2 is 1.89 bits per heavy atom. The number of benzene rings is 1. The van der Waals surface area contributed by atoms with Gasteiger partial charge in [0.2, 0.25) is 0 Å². The van der Waals surface area contributed by atoms with Gasteiger partial charge in [0, 0.05) is 20.3 Å². The Hall–Kier alpha value is -1.13. The highest BCUT2D eigenvalue weighted by Gasteiger charge is 2.28. The third-order valence-corrected chi connectivity index (χ3v) is 4.41. The van der Waals surface area contributed by atoms with Gasteiger partial charge >= 0.3 is 0 Å². The van der Waals surface area contributed by atoms with Gasteiger partial charge in [0.05, 0.1) is 11.4 Å². The molecule has 0 fully saturated rings. The van der Waals surface area contributed by atoms with Crippen molar-refractivity contribution >= 4 is 35.6 Å². The first-order valence-corrected chi connectivity index (χ1v) is 6.97. The van der Waals surface area contributed by atoms with Crippen LogP contribution in [0.4, 0.5) is 0 Å². The lowest BCUT2D eigenvalue weighted by atomic mass is 10.1. The standard InChI is InChI=1S/C14H18N2OS.ClH/c1-11(17)10-18-14-15(2)9-13(16(14)3)12-7-5-4-6-8-12;/h4-9,14H,10H2,1-3H3;1H. The van der Waals surface area contributed by atoms with Crippen LogP contribution in [0, 0.1) is 0 Å². The van der Waals surface area contributed by atoms with Gasteiger partial charge in [0.1, 0.15) is 11.3 Å². The monoisotopic (exact) mass is 298 g/mol. The zero-order valence-electron chi connectivity index (χ0n) is 11.4. The summed E-state index contributed by atoms with van der Waals surface area (Å²) in [5.41, 5.74) is 2.60. The number of halogens is 1. The molecule has 2 rings (SSSR count). The van der Waals surface area contributed by atoms with E-state index in [1.807, 2.05) is 25.2 Å². The molecule has 0 saturated carbocycles. The fourth-order valence-corrected chi connectivity index (χ4v) is 3.07. The van der Waals surface area contributed by atoms with Crippen LogP contribution < -0.4 is 0 Å². The van der Waals surface area contributed by atoms with E-state index in [9.17, 15) is 4.79 Å². The molecule has 1 aliphatic heterocycles. The van der Waals surface area contributed by atoms with Gasteiger partial charge in [0.15, 0.2) is 0 Å². The van der Waals surface area contributed by atoms with E-state index in [-0.39, 0.29) is 23.7 Å². The van der Waals surface area contributed by atoms with E-state index >= 15 is 0 Å². The average molecular weight is 299 g/mol. The lowest BCUT2D eigenvalue weighted by Crippen LogP contribution is -2.32. The molecule has 1 heterocycles. The number of carbonyl (C=O) groups excluding carboxylic acids is 1. The molecular formula is C14H19ClN2OS. The van der Waals surface area contributed by atoms with Gasteiger partial charge in [-0.1, -0.05) is 30.3 Å². The van der Waals surface area contributed by atoms with E-state index in [4.69, 9.17) is 0 Å². The summed E-state index contributed by atoms with van der Waals surface area (Å²) in [6.07, 6.45) is 2.13. The maximum absolute atomic E-state index is 11.1. The Kier molecular flexibility index (Phi) is 5.76. The summed E-state index contributed by atoms with van der Waals surface area (Å²) in [5.74, 6) is 0.768. The Morgan fingerprint density at radius 1 is 1.26 bits per heavy atom. The third-order valence-electron chi connectivity index (χ3n) is 2.89. The molecule has 0 spiro atoms. The summed E-state index contributed by atoms with van der Waals surface area (Å²) < 4.78 is 0. The molecule has 19 heavy (non-hydrogen) atoms. The summed E-state index contributed by atoms with van der Waals surface area (Å²) in [5, 5.41) is 0. The van der Waals surface area contributed by atoms with Crippen molar-refractivity contribution in [3.05, 3.63) is 42.1 Å². The molecule has 0 bridgehead atoms. The zero-order valence-corrected chi connectivity index (χ0v) is 13.0. The average Bonchev–Trinajstić information content (AvgIpc) is 2.63. The summed E-state index contributed by atoms with van der Waals surface area (Å²) in [6.45, 7) is 1.63. The summed E-state index contributed by atoms with van der Waals surface area (Å²) in [4.78, 5) is 15.5. The summed E-state index contributed by atoms with van der Waals surface area (Å²) >= 11 is 1.66. The first-order valence-electron chi connectivity index (χ1n) is 5.92. The fraction of sp³-hybridized carbons (Fsp3) is 0.357. The number of hydrogen-bond donors (Lipinski definition) is 0. The number of carbonyl (C=O) groups is 1. The number of ketones is 1. The molecule has 0 radical (unpaired) electrons. The number of thioether (sulfide) groups is 1. The second-order valence-electron chi connectivity index (χ2n) is 4.50. The van der Waals surface area contributed by atoms with E-state index < -0.39 is 0 Å². The largest absolute Gasteiger partial charge is 0.350 e. The highest BCUT2D eigenvalue weighted by molar-refractivity contribution is 8.00. The molecule has 0 N–H and O–H groups in total. The van der Waals surface area contributed by atoms with Crippen LogP contribution in [-0.2, 0) is 4.79 Å². The summed E-state index contributed by atoms with van der Waals surface area (Å²) in [7, 11) is 4.12. The van der Waals surface area contributed by atoms with Crippen molar-refractivity contribution in [1.29, 1.82) is 0 Å². The molecule has 0 amide bonds. The van der Waals surface area contributed by atoms with Gasteiger partial charge in [0.25, 0.3) is 0 Å². The van der Waals surface area contributed by atoms with Gasteiger partial charge in [-0.25, -0.2) is 0 Å². The topological polar surface area (TPSA) is 23.6 Å². The Bertz CT molecular complexity index is 464. The van der Waals surface area contributed by atoms with Crippen molar-refractivity contribution in [2.24, 2.45) is 0 Å². The normalized spacial score (nSPS) is 18.1. The highest BCUT2D eigenvalue weighted by atomic mass is 35.5. The van der Waals surface area contributed by atoms with Gasteiger partial charge in [-0.2, -0.15) is 0 Å². The number of rotatable bonds is 4. The Morgan fingerprint density at radius 3 is 2.47 bits per heavy atom. The Labute approximate surface area is 125 Å². The molecule has 0 aromatic heterocycles. The molecule has 1 unspecified atom stereocenters. The minimum atomic E-state index is 0. The van der Waals surface area contributed by atoms with Crippen molar-refractivity contribution in [1.82, 2.24) is 9.80 Å². The maximum atomic E-state index is 11.1. The first-order chi connectivity index (χ1) is 8.59. The number of nitrogens with zero attached hydrogens (tertiary/aromatic N) is 2. The van der Waals surface area contributed by atoms with Gasteiger partial charge < -0.3 is 9.80 Å². The van der Waals surface area contributed by atoms with Crippen molar-refractivity contribution < 1.29 is 4.79 Å². The maximum Gasteiger partial charge on any atom is 0.150 e. The quantitative estimate of drug-likeness (QED) is 0.853. The SMILES string of the molecule is CC(=O)CSC1N(C)C=C(c2ccccc2)N1C.Cl. The lowest BCUT2D eigenvalue weighted by molar-refractivity contribution is -0.114. The molecule has 0 aliphatic carbocycles. The molecule has 0 saturated heterocycles. The van der Waals surface area contributed by atoms with Crippen molar-refractivity contribution in [2.45, 2.75) is 12.4 Å². The predicted molar refractivity (Wildman–Crippen MR) is 84.1 cm³/mol. The van der Waals surface area contributed by atoms with E-state index in [1.165, 1.54) is 11.3 Å². The van der Waals surface area contributed by atoms with E-state index in [0.717, 1.165) is 0 Å². The number of Topliss-reactive ketones (excluding diaryl/α,β-unsaturated/α-hetero) is 1. The molecule has 1 aromatic rings. The number of hydrogen-bond acceptors (Lipinski definition) is 4. The summed E-state index contributed by atoms with van der Waals surface area (Å²) in [6, 6.07) is 10.3. The smallest absolute Gasteiger partial charge is 0.150 e. The minimum Gasteiger partial charge on any atom is -0.350 e. The van der Waals surface area contributed by atoms with Crippen LogP contribution in [0.1, 0.15) is 12.5 Å². The highest BCUT2D eigenvalue weighted by Crippen LogP contribution is 2.33. The van der Waals surface area contributed by atoms with Crippen LogP contribution in [0.2, 0.25) is 0 Å². The molecule has 1 aromatic carbocycles. The van der Waals surface area contributed by atoms with Gasteiger partial charge in [-0.05, 0) is 12.5 Å². The van der Waals surface area contributed by atoms with Crippen LogP contribution >= 0.6 is 24.2 Å². The Balaban J connectivity index is 0.00000180. The lowest BCUT2D eigenvalue weighted by Gasteiger charge is -2.28. The molecule has 3 nitrogen and oxygen atoms in total. The van der Waals surface area contributed by atoms with Crippen molar-refractivity contribution in [3.8, 4) is 0 Å². The van der Waals surface area contributed by atoms with Gasteiger partial charge in [-0.3, -0.25) is 4.79 Å². The third kappa shape index (κ3) is 3.67. The molecular weight excluding hydrogens is 280 g/mol. The second-order valence-corrected chi connectivity index (χ2v) is 5.54. The van der Waals surface area contributed by atoms with Crippen LogP contribution in [0.5, 0.6) is 0 Å².